The number of ether oxygens (including phenoxy) is 1. The predicted octanol–water partition coefficient (Wildman–Crippen LogP) is 0.797. The van der Waals surface area contributed by atoms with E-state index >= 15 is 0 Å². The molecular weight excluding hydrogens is 204 g/mol. The van der Waals surface area contributed by atoms with Crippen molar-refractivity contribution in [3.63, 3.8) is 0 Å². The van der Waals surface area contributed by atoms with Gasteiger partial charge in [0.2, 0.25) is 5.91 Å². The quantitative estimate of drug-likeness (QED) is 0.732. The minimum Gasteiger partial charge on any atom is -0.378 e. The van der Waals surface area contributed by atoms with Crippen molar-refractivity contribution in [2.45, 2.75) is 57.2 Å². The van der Waals surface area contributed by atoms with Crippen molar-refractivity contribution in [3.8, 4) is 0 Å². The predicted molar refractivity (Wildman–Crippen MR) is 61.9 cm³/mol. The fourth-order valence-corrected chi connectivity index (χ4v) is 2.70. The van der Waals surface area contributed by atoms with Crippen molar-refractivity contribution >= 4 is 5.91 Å². The number of hydrogen-bond donors (Lipinski definition) is 2. The largest absolute Gasteiger partial charge is 0.378 e. The fraction of sp³-hybridized carbons (Fsp3) is 0.917. The van der Waals surface area contributed by atoms with Crippen LogP contribution in [0.4, 0.5) is 0 Å². The Morgan fingerprint density at radius 3 is 2.75 bits per heavy atom. The van der Waals surface area contributed by atoms with E-state index < -0.39 is 0 Å². The summed E-state index contributed by atoms with van der Waals surface area (Å²) in [6.45, 7) is 2.82. The van der Waals surface area contributed by atoms with Gasteiger partial charge in [0, 0.05) is 24.6 Å². The van der Waals surface area contributed by atoms with Crippen molar-refractivity contribution in [1.29, 1.82) is 0 Å². The van der Waals surface area contributed by atoms with Crippen LogP contribution in [-0.2, 0) is 9.53 Å². The van der Waals surface area contributed by atoms with Gasteiger partial charge in [-0.15, -0.1) is 0 Å². The van der Waals surface area contributed by atoms with Crippen LogP contribution in [0.15, 0.2) is 0 Å². The molecule has 1 saturated heterocycles. The first-order chi connectivity index (χ1) is 7.65. The number of carbonyl (C=O) groups is 1. The smallest absolute Gasteiger partial charge is 0.223 e. The fourth-order valence-electron chi connectivity index (χ4n) is 2.70. The molecule has 1 amide bonds. The van der Waals surface area contributed by atoms with Gasteiger partial charge in [0.1, 0.15) is 0 Å². The average molecular weight is 226 g/mol. The van der Waals surface area contributed by atoms with E-state index in [2.05, 4.69) is 12.2 Å². The lowest BCUT2D eigenvalue weighted by atomic mass is 10.0. The topological polar surface area (TPSA) is 64.4 Å². The minimum atomic E-state index is 0.146. The van der Waals surface area contributed by atoms with Crippen molar-refractivity contribution in [3.05, 3.63) is 0 Å². The zero-order valence-corrected chi connectivity index (χ0v) is 9.95. The summed E-state index contributed by atoms with van der Waals surface area (Å²) >= 11 is 0. The summed E-state index contributed by atoms with van der Waals surface area (Å²) in [6.07, 6.45) is 4.93. The number of rotatable bonds is 2. The molecule has 4 atom stereocenters. The molecule has 2 aliphatic rings. The third-order valence-corrected chi connectivity index (χ3v) is 3.68. The zero-order valence-electron chi connectivity index (χ0n) is 9.95. The molecule has 0 aromatic heterocycles. The first-order valence-electron chi connectivity index (χ1n) is 6.32. The zero-order chi connectivity index (χ0) is 11.5. The Balaban J connectivity index is 1.78. The molecule has 92 valence electrons. The maximum atomic E-state index is 12.0. The van der Waals surface area contributed by atoms with Gasteiger partial charge in [-0.25, -0.2) is 0 Å². The number of nitrogens with one attached hydrogen (secondary N) is 1. The molecule has 3 N–H and O–H groups in total. The first-order valence-corrected chi connectivity index (χ1v) is 6.32. The van der Waals surface area contributed by atoms with Gasteiger partial charge in [-0.1, -0.05) is 0 Å². The number of hydrogen-bond acceptors (Lipinski definition) is 3. The van der Waals surface area contributed by atoms with Crippen LogP contribution in [0.2, 0.25) is 0 Å². The van der Waals surface area contributed by atoms with Crippen LogP contribution in [-0.4, -0.2) is 30.7 Å². The molecule has 4 unspecified atom stereocenters. The Labute approximate surface area is 96.9 Å². The van der Waals surface area contributed by atoms with Crippen LogP contribution in [0.3, 0.4) is 0 Å². The van der Waals surface area contributed by atoms with Crippen LogP contribution in [0, 0.1) is 5.92 Å². The second kappa shape index (κ2) is 5.15. The summed E-state index contributed by atoms with van der Waals surface area (Å²) in [4.78, 5) is 12.0. The monoisotopic (exact) mass is 226 g/mol. The van der Waals surface area contributed by atoms with E-state index in [1.165, 1.54) is 0 Å². The highest BCUT2D eigenvalue weighted by Crippen LogP contribution is 2.25. The van der Waals surface area contributed by atoms with E-state index in [1.807, 2.05) is 0 Å². The molecule has 0 spiro atoms. The van der Waals surface area contributed by atoms with Gasteiger partial charge in [0.15, 0.2) is 0 Å². The molecule has 1 aliphatic carbocycles. The summed E-state index contributed by atoms with van der Waals surface area (Å²) < 4.78 is 5.46. The molecule has 2 rings (SSSR count). The van der Waals surface area contributed by atoms with E-state index in [0.717, 1.165) is 38.7 Å². The Bertz CT molecular complexity index is 257. The van der Waals surface area contributed by atoms with Crippen LogP contribution in [0.1, 0.15) is 39.0 Å². The highest BCUT2D eigenvalue weighted by Gasteiger charge is 2.30. The molecule has 4 nitrogen and oxygen atoms in total. The second-order valence-corrected chi connectivity index (χ2v) is 5.18. The molecule has 2 fully saturated rings. The lowest BCUT2D eigenvalue weighted by Crippen LogP contribution is -2.43. The molecule has 0 radical (unpaired) electrons. The third-order valence-electron chi connectivity index (χ3n) is 3.68. The van der Waals surface area contributed by atoms with E-state index in [4.69, 9.17) is 10.5 Å². The second-order valence-electron chi connectivity index (χ2n) is 5.18. The number of nitrogens with two attached hydrogens (primary N) is 1. The molecule has 16 heavy (non-hydrogen) atoms. The summed E-state index contributed by atoms with van der Waals surface area (Å²) in [5, 5.41) is 3.14. The molecular formula is C12H22N2O2. The van der Waals surface area contributed by atoms with Crippen LogP contribution >= 0.6 is 0 Å². The van der Waals surface area contributed by atoms with Gasteiger partial charge in [0.05, 0.1) is 6.10 Å². The van der Waals surface area contributed by atoms with E-state index in [-0.39, 0.29) is 24.0 Å². The van der Waals surface area contributed by atoms with Crippen LogP contribution in [0.5, 0.6) is 0 Å². The summed E-state index contributed by atoms with van der Waals surface area (Å²) in [6, 6.07) is 0.525. The SMILES string of the molecule is CC1CC(NC(=O)C2CCC(N)C2)CCO1. The van der Waals surface area contributed by atoms with Gasteiger partial charge in [-0.2, -0.15) is 0 Å². The molecule has 0 bridgehead atoms. The minimum absolute atomic E-state index is 0.146. The normalized spacial score (nSPS) is 39.6. The molecule has 0 aromatic carbocycles. The van der Waals surface area contributed by atoms with Gasteiger partial charge in [-0.05, 0) is 39.0 Å². The molecule has 1 heterocycles. The number of carbonyl (C=O) groups excluding carboxylic acids is 1. The maximum absolute atomic E-state index is 12.0. The molecule has 1 aliphatic heterocycles. The van der Waals surface area contributed by atoms with Crippen molar-refractivity contribution in [1.82, 2.24) is 5.32 Å². The van der Waals surface area contributed by atoms with E-state index in [1.54, 1.807) is 0 Å². The molecule has 1 saturated carbocycles. The standard InChI is InChI=1S/C12H22N2O2/c1-8-6-11(4-5-16-8)14-12(15)9-2-3-10(13)7-9/h8-11H,2-7,13H2,1H3,(H,14,15). The lowest BCUT2D eigenvalue weighted by molar-refractivity contribution is -0.126. The first kappa shape index (κ1) is 11.9. The summed E-state index contributed by atoms with van der Waals surface area (Å²) in [7, 11) is 0. The van der Waals surface area contributed by atoms with Crippen molar-refractivity contribution < 1.29 is 9.53 Å². The van der Waals surface area contributed by atoms with Crippen LogP contribution in [0.25, 0.3) is 0 Å². The highest BCUT2D eigenvalue weighted by atomic mass is 16.5. The lowest BCUT2D eigenvalue weighted by Gasteiger charge is -2.28. The summed E-state index contributed by atoms with van der Waals surface area (Å²) in [5.74, 6) is 0.347. The van der Waals surface area contributed by atoms with Gasteiger partial charge in [0.25, 0.3) is 0 Å². The maximum Gasteiger partial charge on any atom is 0.223 e. The average Bonchev–Trinajstić information content (AvgIpc) is 2.65. The van der Waals surface area contributed by atoms with Gasteiger partial charge in [-0.3, -0.25) is 4.79 Å². The Morgan fingerprint density at radius 2 is 2.12 bits per heavy atom. The third kappa shape index (κ3) is 2.95. The Hall–Kier alpha value is -0.610. The van der Waals surface area contributed by atoms with E-state index in [9.17, 15) is 4.79 Å². The molecule has 4 heteroatoms. The van der Waals surface area contributed by atoms with Crippen molar-refractivity contribution in [2.75, 3.05) is 6.61 Å². The van der Waals surface area contributed by atoms with Gasteiger partial charge < -0.3 is 15.8 Å². The molecule has 0 aromatic rings. The number of amides is 1. The summed E-state index contributed by atoms with van der Waals surface area (Å²) in [5.41, 5.74) is 5.82. The Kier molecular flexibility index (Phi) is 3.82. The van der Waals surface area contributed by atoms with E-state index in [0.29, 0.717) is 6.04 Å². The highest BCUT2D eigenvalue weighted by molar-refractivity contribution is 5.79. The van der Waals surface area contributed by atoms with Crippen LogP contribution < -0.4 is 11.1 Å². The Morgan fingerprint density at radius 1 is 1.31 bits per heavy atom. The van der Waals surface area contributed by atoms with Crippen molar-refractivity contribution in [2.24, 2.45) is 11.7 Å². The van der Waals surface area contributed by atoms with Gasteiger partial charge >= 0.3 is 0 Å².